The Labute approximate surface area is 135 Å². The molecule has 2 aromatic rings. The van der Waals surface area contributed by atoms with E-state index in [9.17, 15) is 9.18 Å². The fraction of sp³-hybridized carbons (Fsp3) is 0.278. The molecule has 0 atom stereocenters. The summed E-state index contributed by atoms with van der Waals surface area (Å²) in [6.45, 7) is 2.99. The van der Waals surface area contributed by atoms with Gasteiger partial charge in [-0.1, -0.05) is 6.07 Å². The molecule has 0 aliphatic rings. The van der Waals surface area contributed by atoms with Crippen molar-refractivity contribution in [3.05, 3.63) is 54.3 Å². The van der Waals surface area contributed by atoms with E-state index in [1.807, 2.05) is 31.2 Å². The molecule has 0 aromatic heterocycles. The lowest BCUT2D eigenvalue weighted by Crippen LogP contribution is -2.12. The number of hydrogen-bond donors (Lipinski definition) is 1. The van der Waals surface area contributed by atoms with Crippen molar-refractivity contribution in [2.24, 2.45) is 0 Å². The van der Waals surface area contributed by atoms with E-state index in [4.69, 9.17) is 9.47 Å². The van der Waals surface area contributed by atoms with Gasteiger partial charge < -0.3 is 14.8 Å². The van der Waals surface area contributed by atoms with Crippen LogP contribution in [0.25, 0.3) is 0 Å². The van der Waals surface area contributed by atoms with Crippen molar-refractivity contribution in [2.45, 2.75) is 19.8 Å². The molecule has 0 aliphatic carbocycles. The predicted molar refractivity (Wildman–Crippen MR) is 87.4 cm³/mol. The third-order valence-corrected chi connectivity index (χ3v) is 3.06. The number of hydrogen-bond acceptors (Lipinski definition) is 3. The monoisotopic (exact) mass is 317 g/mol. The summed E-state index contributed by atoms with van der Waals surface area (Å²) in [5.74, 6) is 1.00. The van der Waals surface area contributed by atoms with E-state index in [0.29, 0.717) is 31.7 Å². The van der Waals surface area contributed by atoms with Gasteiger partial charge in [0.2, 0.25) is 5.91 Å². The zero-order chi connectivity index (χ0) is 16.5. The van der Waals surface area contributed by atoms with E-state index in [0.717, 1.165) is 11.5 Å². The van der Waals surface area contributed by atoms with Gasteiger partial charge in [0.25, 0.3) is 0 Å². The first-order chi connectivity index (χ1) is 11.2. The molecule has 5 heteroatoms. The molecule has 2 aromatic carbocycles. The van der Waals surface area contributed by atoms with Crippen LogP contribution < -0.4 is 14.8 Å². The topological polar surface area (TPSA) is 47.6 Å². The lowest BCUT2D eigenvalue weighted by Gasteiger charge is -2.08. The van der Waals surface area contributed by atoms with Crippen LogP contribution in [-0.4, -0.2) is 19.1 Å². The zero-order valence-corrected chi connectivity index (χ0v) is 13.0. The number of carbonyl (C=O) groups is 1. The zero-order valence-electron chi connectivity index (χ0n) is 13.0. The van der Waals surface area contributed by atoms with E-state index in [2.05, 4.69) is 5.32 Å². The average Bonchev–Trinajstić information content (AvgIpc) is 2.53. The summed E-state index contributed by atoms with van der Waals surface area (Å²) in [4.78, 5) is 11.7. The quantitative estimate of drug-likeness (QED) is 0.748. The fourth-order valence-electron chi connectivity index (χ4n) is 2.01. The van der Waals surface area contributed by atoms with E-state index in [1.54, 1.807) is 12.1 Å². The maximum Gasteiger partial charge on any atom is 0.224 e. The first kappa shape index (κ1) is 16.8. The second-order valence-corrected chi connectivity index (χ2v) is 4.91. The van der Waals surface area contributed by atoms with Crippen LogP contribution in [0.15, 0.2) is 48.5 Å². The fourth-order valence-corrected chi connectivity index (χ4v) is 2.01. The number of anilines is 1. The highest BCUT2D eigenvalue weighted by Crippen LogP contribution is 2.17. The Kier molecular flexibility index (Phi) is 6.41. The molecule has 122 valence electrons. The van der Waals surface area contributed by atoms with Crippen molar-refractivity contribution in [3.8, 4) is 11.5 Å². The van der Waals surface area contributed by atoms with Gasteiger partial charge in [-0.2, -0.15) is 0 Å². The van der Waals surface area contributed by atoms with Crippen LogP contribution in [-0.2, 0) is 4.79 Å². The number of carbonyl (C=O) groups excluding carboxylic acids is 1. The van der Waals surface area contributed by atoms with Gasteiger partial charge in [-0.15, -0.1) is 0 Å². The Morgan fingerprint density at radius 2 is 1.78 bits per heavy atom. The summed E-state index contributed by atoms with van der Waals surface area (Å²) in [5, 5.41) is 2.65. The van der Waals surface area contributed by atoms with Gasteiger partial charge in [0.1, 0.15) is 17.3 Å². The Balaban J connectivity index is 1.67. The SMILES string of the molecule is CCOc1ccc(OCCCC(=O)Nc2cccc(F)c2)cc1. The minimum absolute atomic E-state index is 0.161. The molecule has 1 amide bonds. The van der Waals surface area contributed by atoms with Crippen molar-refractivity contribution in [1.82, 2.24) is 0 Å². The Morgan fingerprint density at radius 1 is 1.09 bits per heavy atom. The largest absolute Gasteiger partial charge is 0.494 e. The van der Waals surface area contributed by atoms with E-state index < -0.39 is 0 Å². The highest BCUT2D eigenvalue weighted by atomic mass is 19.1. The summed E-state index contributed by atoms with van der Waals surface area (Å²) in [7, 11) is 0. The molecule has 0 fully saturated rings. The molecule has 0 saturated heterocycles. The summed E-state index contributed by atoms with van der Waals surface area (Å²) in [6, 6.07) is 13.2. The molecule has 23 heavy (non-hydrogen) atoms. The van der Waals surface area contributed by atoms with Crippen LogP contribution in [0.4, 0.5) is 10.1 Å². The van der Waals surface area contributed by atoms with Crippen molar-refractivity contribution in [1.29, 1.82) is 0 Å². The summed E-state index contributed by atoms with van der Waals surface area (Å²) >= 11 is 0. The lowest BCUT2D eigenvalue weighted by molar-refractivity contribution is -0.116. The van der Waals surface area contributed by atoms with Gasteiger partial charge in [-0.05, 0) is 55.8 Å². The smallest absolute Gasteiger partial charge is 0.224 e. The van der Waals surface area contributed by atoms with Crippen molar-refractivity contribution in [3.63, 3.8) is 0 Å². The van der Waals surface area contributed by atoms with Crippen LogP contribution in [0.5, 0.6) is 11.5 Å². The molecule has 1 N–H and O–H groups in total. The second-order valence-electron chi connectivity index (χ2n) is 4.91. The van der Waals surface area contributed by atoms with Gasteiger partial charge in [-0.3, -0.25) is 4.79 Å². The van der Waals surface area contributed by atoms with Crippen molar-refractivity contribution >= 4 is 11.6 Å². The van der Waals surface area contributed by atoms with Crippen LogP contribution in [0.3, 0.4) is 0 Å². The number of nitrogens with one attached hydrogen (secondary N) is 1. The Morgan fingerprint density at radius 3 is 2.43 bits per heavy atom. The van der Waals surface area contributed by atoms with E-state index in [1.165, 1.54) is 12.1 Å². The first-order valence-corrected chi connectivity index (χ1v) is 7.58. The minimum Gasteiger partial charge on any atom is -0.494 e. The molecule has 4 nitrogen and oxygen atoms in total. The van der Waals surface area contributed by atoms with Crippen LogP contribution in [0.2, 0.25) is 0 Å². The molecule has 0 heterocycles. The predicted octanol–water partition coefficient (Wildman–Crippen LogP) is 4.02. The summed E-state index contributed by atoms with van der Waals surface area (Å²) in [5.41, 5.74) is 0.461. The molecule has 0 saturated carbocycles. The number of rotatable bonds is 8. The second kappa shape index (κ2) is 8.78. The number of halogens is 1. The van der Waals surface area contributed by atoms with E-state index >= 15 is 0 Å². The van der Waals surface area contributed by atoms with Gasteiger partial charge in [-0.25, -0.2) is 4.39 Å². The standard InChI is InChI=1S/C18H20FNO3/c1-2-22-16-8-10-17(11-9-16)23-12-4-7-18(21)20-15-6-3-5-14(19)13-15/h3,5-6,8-11,13H,2,4,7,12H2,1H3,(H,20,21). The third-order valence-electron chi connectivity index (χ3n) is 3.06. The molecule has 0 radical (unpaired) electrons. The summed E-state index contributed by atoms with van der Waals surface area (Å²) < 4.78 is 23.9. The Bertz CT molecular complexity index is 628. The normalized spacial score (nSPS) is 10.2. The maximum atomic E-state index is 13.0. The molecular formula is C18H20FNO3. The van der Waals surface area contributed by atoms with Gasteiger partial charge in [0.05, 0.1) is 13.2 Å². The molecule has 0 bridgehead atoms. The average molecular weight is 317 g/mol. The molecular weight excluding hydrogens is 297 g/mol. The highest BCUT2D eigenvalue weighted by molar-refractivity contribution is 5.90. The molecule has 0 spiro atoms. The van der Waals surface area contributed by atoms with E-state index in [-0.39, 0.29) is 11.7 Å². The lowest BCUT2D eigenvalue weighted by atomic mass is 10.2. The summed E-state index contributed by atoms with van der Waals surface area (Å²) in [6.07, 6.45) is 0.891. The maximum absolute atomic E-state index is 13.0. The minimum atomic E-state index is -0.373. The highest BCUT2D eigenvalue weighted by Gasteiger charge is 2.03. The van der Waals surface area contributed by atoms with Crippen LogP contribution in [0.1, 0.15) is 19.8 Å². The van der Waals surface area contributed by atoms with Crippen molar-refractivity contribution < 1.29 is 18.7 Å². The number of ether oxygens (including phenoxy) is 2. The number of amides is 1. The molecule has 2 rings (SSSR count). The van der Waals surface area contributed by atoms with Gasteiger partial charge in [0, 0.05) is 12.1 Å². The van der Waals surface area contributed by atoms with Crippen LogP contribution in [0, 0.1) is 5.82 Å². The van der Waals surface area contributed by atoms with Crippen molar-refractivity contribution in [2.75, 3.05) is 18.5 Å². The first-order valence-electron chi connectivity index (χ1n) is 7.58. The number of benzene rings is 2. The van der Waals surface area contributed by atoms with Gasteiger partial charge in [0.15, 0.2) is 0 Å². The molecule has 0 unspecified atom stereocenters. The third kappa shape index (κ3) is 5.98. The molecule has 0 aliphatic heterocycles. The Hall–Kier alpha value is -2.56. The van der Waals surface area contributed by atoms with Crippen LogP contribution >= 0.6 is 0 Å². The van der Waals surface area contributed by atoms with Gasteiger partial charge >= 0.3 is 0 Å².